The van der Waals surface area contributed by atoms with Crippen molar-refractivity contribution in [3.8, 4) is 0 Å². The lowest BCUT2D eigenvalue weighted by Gasteiger charge is -2.20. The standard InChI is InChI=1S/C25H31FN4O.HI/c1-27-24(29-18-25(11-12-25)21-8-5-9-22(26)15-21)28-16-20-14-23(31)30(17-20)13-10-19-6-3-2-4-7-19;/h2-9,15,20H,10-14,16-18H2,1H3,(H2,27,28,29);1H. The molecule has 2 aromatic carbocycles. The minimum Gasteiger partial charge on any atom is -0.356 e. The van der Waals surface area contributed by atoms with Crippen molar-refractivity contribution in [3.05, 3.63) is 71.5 Å². The van der Waals surface area contributed by atoms with Crippen molar-refractivity contribution in [2.45, 2.75) is 31.1 Å². The van der Waals surface area contributed by atoms with E-state index in [9.17, 15) is 9.18 Å². The fourth-order valence-electron chi connectivity index (χ4n) is 4.37. The van der Waals surface area contributed by atoms with Crippen LogP contribution in [0.25, 0.3) is 0 Å². The Morgan fingerprint density at radius 2 is 1.94 bits per heavy atom. The Hall–Kier alpha value is -2.16. The molecule has 4 rings (SSSR count). The normalized spacial score (nSPS) is 19.4. The number of nitrogens with one attached hydrogen (secondary N) is 2. The molecule has 1 amide bonds. The monoisotopic (exact) mass is 550 g/mol. The fourth-order valence-corrected chi connectivity index (χ4v) is 4.37. The van der Waals surface area contributed by atoms with Crippen LogP contribution in [0.1, 0.15) is 30.4 Å². The van der Waals surface area contributed by atoms with E-state index in [1.54, 1.807) is 19.2 Å². The van der Waals surface area contributed by atoms with Gasteiger partial charge in [-0.05, 0) is 42.5 Å². The third kappa shape index (κ3) is 6.21. The highest BCUT2D eigenvalue weighted by molar-refractivity contribution is 14.0. The van der Waals surface area contributed by atoms with E-state index in [2.05, 4.69) is 27.8 Å². The Kier molecular flexibility index (Phi) is 8.51. The van der Waals surface area contributed by atoms with E-state index >= 15 is 0 Å². The lowest BCUT2D eigenvalue weighted by atomic mass is 9.96. The Morgan fingerprint density at radius 1 is 1.16 bits per heavy atom. The number of rotatable bonds is 8. The van der Waals surface area contributed by atoms with Crippen LogP contribution in [-0.2, 0) is 16.6 Å². The molecule has 1 aliphatic heterocycles. The molecule has 32 heavy (non-hydrogen) atoms. The van der Waals surface area contributed by atoms with Crippen LogP contribution in [0, 0.1) is 11.7 Å². The molecule has 1 heterocycles. The molecule has 1 saturated heterocycles. The number of amides is 1. The van der Waals surface area contributed by atoms with Gasteiger partial charge in [-0.15, -0.1) is 24.0 Å². The second-order valence-corrected chi connectivity index (χ2v) is 8.74. The van der Waals surface area contributed by atoms with Crippen molar-refractivity contribution in [1.82, 2.24) is 15.5 Å². The van der Waals surface area contributed by atoms with E-state index in [1.165, 1.54) is 11.6 Å². The van der Waals surface area contributed by atoms with Gasteiger partial charge in [0.1, 0.15) is 5.82 Å². The van der Waals surface area contributed by atoms with Crippen molar-refractivity contribution < 1.29 is 9.18 Å². The van der Waals surface area contributed by atoms with Gasteiger partial charge in [0.2, 0.25) is 5.91 Å². The molecule has 7 heteroatoms. The minimum atomic E-state index is -0.186. The molecule has 1 aliphatic carbocycles. The zero-order valence-electron chi connectivity index (χ0n) is 18.5. The summed E-state index contributed by atoms with van der Waals surface area (Å²) >= 11 is 0. The number of nitrogens with zero attached hydrogens (tertiary/aromatic N) is 2. The average molecular weight is 550 g/mol. The second kappa shape index (κ2) is 11.1. The van der Waals surface area contributed by atoms with Crippen LogP contribution in [0.5, 0.6) is 0 Å². The molecule has 2 aliphatic rings. The van der Waals surface area contributed by atoms with Gasteiger partial charge in [-0.25, -0.2) is 4.39 Å². The van der Waals surface area contributed by atoms with Crippen LogP contribution in [0.4, 0.5) is 4.39 Å². The van der Waals surface area contributed by atoms with E-state index in [0.717, 1.165) is 50.4 Å². The maximum absolute atomic E-state index is 13.6. The summed E-state index contributed by atoms with van der Waals surface area (Å²) in [5.74, 6) is 1.06. The van der Waals surface area contributed by atoms with Crippen molar-refractivity contribution in [1.29, 1.82) is 0 Å². The number of hydrogen-bond acceptors (Lipinski definition) is 2. The lowest BCUT2D eigenvalue weighted by molar-refractivity contribution is -0.127. The van der Waals surface area contributed by atoms with Crippen molar-refractivity contribution in [3.63, 3.8) is 0 Å². The predicted molar refractivity (Wildman–Crippen MR) is 137 cm³/mol. The quantitative estimate of drug-likeness (QED) is 0.299. The number of hydrogen-bond donors (Lipinski definition) is 2. The van der Waals surface area contributed by atoms with Gasteiger partial charge in [-0.2, -0.15) is 0 Å². The molecular formula is C25H32FIN4O. The largest absolute Gasteiger partial charge is 0.356 e. The summed E-state index contributed by atoms with van der Waals surface area (Å²) < 4.78 is 13.6. The van der Waals surface area contributed by atoms with Crippen LogP contribution < -0.4 is 10.6 Å². The number of benzene rings is 2. The first-order chi connectivity index (χ1) is 15.1. The van der Waals surface area contributed by atoms with Gasteiger partial charge in [0.15, 0.2) is 5.96 Å². The Labute approximate surface area is 206 Å². The van der Waals surface area contributed by atoms with Crippen LogP contribution in [0.15, 0.2) is 59.6 Å². The molecule has 2 N–H and O–H groups in total. The summed E-state index contributed by atoms with van der Waals surface area (Å²) in [5.41, 5.74) is 2.30. The molecule has 172 valence electrons. The summed E-state index contributed by atoms with van der Waals surface area (Å²) in [6.45, 7) is 2.98. The van der Waals surface area contributed by atoms with Gasteiger partial charge >= 0.3 is 0 Å². The number of carbonyl (C=O) groups excluding carboxylic acids is 1. The van der Waals surface area contributed by atoms with E-state index < -0.39 is 0 Å². The van der Waals surface area contributed by atoms with Gasteiger partial charge in [0.25, 0.3) is 0 Å². The average Bonchev–Trinajstić information content (AvgIpc) is 3.50. The maximum atomic E-state index is 13.6. The number of guanidine groups is 1. The first-order valence-corrected chi connectivity index (χ1v) is 11.1. The summed E-state index contributed by atoms with van der Waals surface area (Å²) in [6.07, 6.45) is 3.56. The maximum Gasteiger partial charge on any atom is 0.223 e. The van der Waals surface area contributed by atoms with Gasteiger partial charge in [-0.3, -0.25) is 9.79 Å². The molecule has 0 spiro atoms. The third-order valence-corrected chi connectivity index (χ3v) is 6.47. The van der Waals surface area contributed by atoms with E-state index in [1.807, 2.05) is 29.2 Å². The first-order valence-electron chi connectivity index (χ1n) is 11.1. The summed E-state index contributed by atoms with van der Waals surface area (Å²) in [4.78, 5) is 18.7. The van der Waals surface area contributed by atoms with Gasteiger partial charge in [0, 0.05) is 51.0 Å². The summed E-state index contributed by atoms with van der Waals surface area (Å²) in [7, 11) is 1.75. The Morgan fingerprint density at radius 3 is 2.62 bits per heavy atom. The highest BCUT2D eigenvalue weighted by atomic mass is 127. The Balaban J connectivity index is 0.00000289. The number of carbonyl (C=O) groups is 1. The topological polar surface area (TPSA) is 56.7 Å². The lowest BCUT2D eigenvalue weighted by Crippen LogP contribution is -2.43. The van der Waals surface area contributed by atoms with Crippen molar-refractivity contribution >= 4 is 35.8 Å². The summed E-state index contributed by atoms with van der Waals surface area (Å²) in [6, 6.07) is 17.2. The molecule has 1 atom stereocenters. The molecule has 2 aromatic rings. The fraction of sp³-hybridized carbons (Fsp3) is 0.440. The zero-order valence-corrected chi connectivity index (χ0v) is 20.8. The number of aliphatic imine (C=N–C) groups is 1. The highest BCUT2D eigenvalue weighted by Gasteiger charge is 2.44. The second-order valence-electron chi connectivity index (χ2n) is 8.74. The predicted octanol–water partition coefficient (Wildman–Crippen LogP) is 3.73. The van der Waals surface area contributed by atoms with E-state index in [4.69, 9.17) is 0 Å². The van der Waals surface area contributed by atoms with Gasteiger partial charge in [-0.1, -0.05) is 42.5 Å². The number of halogens is 2. The zero-order chi connectivity index (χ0) is 21.7. The van der Waals surface area contributed by atoms with Gasteiger partial charge in [0.05, 0.1) is 0 Å². The number of likely N-dealkylation sites (tertiary alicyclic amines) is 1. The molecular weight excluding hydrogens is 518 g/mol. The molecule has 5 nitrogen and oxygen atoms in total. The van der Waals surface area contributed by atoms with Crippen LogP contribution in [-0.4, -0.2) is 50.0 Å². The Bertz CT molecular complexity index is 933. The molecule has 1 unspecified atom stereocenters. The first kappa shape index (κ1) is 24.5. The molecule has 0 aromatic heterocycles. The molecule has 0 radical (unpaired) electrons. The molecule has 0 bridgehead atoms. The highest BCUT2D eigenvalue weighted by Crippen LogP contribution is 2.47. The SMILES string of the molecule is CN=C(NCC1CC(=O)N(CCc2ccccc2)C1)NCC1(c2cccc(F)c2)CC1.I. The smallest absolute Gasteiger partial charge is 0.223 e. The van der Waals surface area contributed by atoms with Crippen LogP contribution >= 0.6 is 24.0 Å². The molecule has 2 fully saturated rings. The summed E-state index contributed by atoms with van der Waals surface area (Å²) in [5, 5.41) is 6.78. The van der Waals surface area contributed by atoms with Crippen molar-refractivity contribution in [2.24, 2.45) is 10.9 Å². The van der Waals surface area contributed by atoms with Crippen molar-refractivity contribution in [2.75, 3.05) is 33.2 Å². The van der Waals surface area contributed by atoms with E-state index in [0.29, 0.717) is 13.0 Å². The van der Waals surface area contributed by atoms with E-state index in [-0.39, 0.29) is 47.0 Å². The third-order valence-electron chi connectivity index (χ3n) is 6.47. The minimum absolute atomic E-state index is 0. The van der Waals surface area contributed by atoms with Crippen LogP contribution in [0.2, 0.25) is 0 Å². The van der Waals surface area contributed by atoms with Crippen LogP contribution in [0.3, 0.4) is 0 Å². The molecule has 1 saturated carbocycles. The van der Waals surface area contributed by atoms with Gasteiger partial charge < -0.3 is 15.5 Å².